The van der Waals surface area contributed by atoms with Crippen molar-refractivity contribution in [3.63, 3.8) is 0 Å². The zero-order chi connectivity index (χ0) is 18.9. The summed E-state index contributed by atoms with van der Waals surface area (Å²) in [4.78, 5) is 23.1. The van der Waals surface area contributed by atoms with Crippen LogP contribution in [0.5, 0.6) is 5.75 Å². The lowest BCUT2D eigenvalue weighted by Gasteiger charge is -2.14. The highest BCUT2D eigenvalue weighted by Gasteiger charge is 2.16. The van der Waals surface area contributed by atoms with Gasteiger partial charge in [0.25, 0.3) is 0 Å². The van der Waals surface area contributed by atoms with Gasteiger partial charge in [-0.05, 0) is 42.3 Å². The molecular formula is C20H23NO4S. The molecule has 0 aliphatic heterocycles. The van der Waals surface area contributed by atoms with E-state index in [9.17, 15) is 9.59 Å². The van der Waals surface area contributed by atoms with Crippen molar-refractivity contribution in [2.45, 2.75) is 25.0 Å². The van der Waals surface area contributed by atoms with Crippen molar-refractivity contribution in [2.75, 3.05) is 18.2 Å². The number of hydrogen-bond acceptors (Lipinski definition) is 4. The molecule has 0 heterocycles. The van der Waals surface area contributed by atoms with Gasteiger partial charge >= 0.3 is 5.97 Å². The number of carbonyl (C=O) groups is 2. The SMILES string of the molecule is COc1cccc(C(C)C(=O)Nc2cccc(CSCCC(=O)O)c2)c1. The summed E-state index contributed by atoms with van der Waals surface area (Å²) >= 11 is 1.56. The molecule has 26 heavy (non-hydrogen) atoms. The Labute approximate surface area is 157 Å². The van der Waals surface area contributed by atoms with Crippen LogP contribution in [0.15, 0.2) is 48.5 Å². The molecule has 2 N–H and O–H groups in total. The zero-order valence-electron chi connectivity index (χ0n) is 14.9. The van der Waals surface area contributed by atoms with E-state index in [1.165, 1.54) is 0 Å². The summed E-state index contributed by atoms with van der Waals surface area (Å²) < 4.78 is 5.21. The first-order chi connectivity index (χ1) is 12.5. The second-order valence-corrected chi connectivity index (χ2v) is 6.99. The highest BCUT2D eigenvalue weighted by Crippen LogP contribution is 2.23. The van der Waals surface area contributed by atoms with Crippen LogP contribution >= 0.6 is 11.8 Å². The van der Waals surface area contributed by atoms with E-state index >= 15 is 0 Å². The quantitative estimate of drug-likeness (QED) is 0.646. The number of carboxylic acids is 1. The van der Waals surface area contributed by atoms with Crippen molar-refractivity contribution >= 4 is 29.3 Å². The fourth-order valence-electron chi connectivity index (χ4n) is 2.40. The Morgan fingerprint density at radius 2 is 1.96 bits per heavy atom. The second-order valence-electron chi connectivity index (χ2n) is 5.88. The minimum Gasteiger partial charge on any atom is -0.497 e. The van der Waals surface area contributed by atoms with Crippen LogP contribution in [0, 0.1) is 0 Å². The minimum absolute atomic E-state index is 0.0890. The first-order valence-electron chi connectivity index (χ1n) is 8.33. The van der Waals surface area contributed by atoms with Gasteiger partial charge in [-0.15, -0.1) is 0 Å². The Hall–Kier alpha value is -2.47. The summed E-state index contributed by atoms with van der Waals surface area (Å²) in [7, 11) is 1.60. The first kappa shape index (κ1) is 19.8. The second kappa shape index (κ2) is 9.87. The van der Waals surface area contributed by atoms with Gasteiger partial charge in [-0.25, -0.2) is 0 Å². The summed E-state index contributed by atoms with van der Waals surface area (Å²) in [6, 6.07) is 15.1. The fourth-order valence-corrected chi connectivity index (χ4v) is 3.28. The van der Waals surface area contributed by atoms with Crippen molar-refractivity contribution in [3.05, 3.63) is 59.7 Å². The van der Waals surface area contributed by atoms with Gasteiger partial charge < -0.3 is 15.2 Å². The Kier molecular flexibility index (Phi) is 7.53. The molecule has 0 radical (unpaired) electrons. The molecule has 1 atom stereocenters. The lowest BCUT2D eigenvalue weighted by Crippen LogP contribution is -2.18. The maximum Gasteiger partial charge on any atom is 0.304 e. The average Bonchev–Trinajstić information content (AvgIpc) is 2.64. The van der Waals surface area contributed by atoms with Crippen LogP contribution in [0.25, 0.3) is 0 Å². The molecule has 0 spiro atoms. The number of methoxy groups -OCH3 is 1. The normalized spacial score (nSPS) is 11.6. The van der Waals surface area contributed by atoms with Crippen LogP contribution < -0.4 is 10.1 Å². The van der Waals surface area contributed by atoms with Crippen LogP contribution in [0.1, 0.15) is 30.4 Å². The van der Waals surface area contributed by atoms with Crippen LogP contribution in [0.3, 0.4) is 0 Å². The van der Waals surface area contributed by atoms with E-state index < -0.39 is 5.97 Å². The summed E-state index contributed by atoms with van der Waals surface area (Å²) in [6.45, 7) is 1.86. The Bertz CT molecular complexity index is 763. The van der Waals surface area contributed by atoms with Gasteiger partial charge in [0, 0.05) is 17.2 Å². The number of amides is 1. The summed E-state index contributed by atoms with van der Waals surface area (Å²) in [5, 5.41) is 11.6. The topological polar surface area (TPSA) is 75.6 Å². The van der Waals surface area contributed by atoms with Gasteiger partial charge in [0.1, 0.15) is 5.75 Å². The Morgan fingerprint density at radius 3 is 2.69 bits per heavy atom. The zero-order valence-corrected chi connectivity index (χ0v) is 15.7. The van der Waals surface area contributed by atoms with Gasteiger partial charge in [-0.1, -0.05) is 24.3 Å². The Balaban J connectivity index is 1.95. The predicted molar refractivity (Wildman–Crippen MR) is 105 cm³/mol. The number of thioether (sulfide) groups is 1. The molecule has 2 aromatic rings. The molecule has 0 saturated heterocycles. The van der Waals surface area contributed by atoms with Gasteiger partial charge in [0.05, 0.1) is 19.4 Å². The maximum absolute atomic E-state index is 12.5. The third-order valence-corrected chi connectivity index (χ3v) is 4.94. The lowest BCUT2D eigenvalue weighted by molar-refractivity contribution is -0.136. The van der Waals surface area contributed by atoms with Crippen molar-refractivity contribution in [1.29, 1.82) is 0 Å². The number of ether oxygens (including phenoxy) is 1. The highest BCUT2D eigenvalue weighted by molar-refractivity contribution is 7.98. The molecule has 1 amide bonds. The predicted octanol–water partition coefficient (Wildman–Crippen LogP) is 4.15. The number of aliphatic carboxylic acids is 1. The molecule has 0 bridgehead atoms. The summed E-state index contributed by atoms with van der Waals surface area (Å²) in [5.41, 5.74) is 2.68. The highest BCUT2D eigenvalue weighted by atomic mass is 32.2. The van der Waals surface area contributed by atoms with Crippen LogP contribution in [0.2, 0.25) is 0 Å². The maximum atomic E-state index is 12.5. The molecule has 0 saturated carbocycles. The van der Waals surface area contributed by atoms with E-state index in [4.69, 9.17) is 9.84 Å². The molecule has 5 nitrogen and oxygen atoms in total. The summed E-state index contributed by atoms with van der Waals surface area (Å²) in [5.74, 6) is 0.821. The van der Waals surface area contributed by atoms with Gasteiger partial charge in [-0.3, -0.25) is 9.59 Å². The third kappa shape index (κ3) is 6.11. The average molecular weight is 373 g/mol. The number of benzene rings is 2. The van der Waals surface area contributed by atoms with Crippen molar-refractivity contribution < 1.29 is 19.4 Å². The van der Waals surface area contributed by atoms with E-state index in [-0.39, 0.29) is 18.2 Å². The number of carboxylic acid groups (broad SMARTS) is 1. The molecular weight excluding hydrogens is 350 g/mol. The molecule has 0 aliphatic rings. The fraction of sp³-hybridized carbons (Fsp3) is 0.300. The van der Waals surface area contributed by atoms with E-state index in [2.05, 4.69) is 5.32 Å². The summed E-state index contributed by atoms with van der Waals surface area (Å²) in [6.07, 6.45) is 0.152. The number of anilines is 1. The standard InChI is InChI=1S/C20H23NO4S/c1-14(16-6-4-8-18(12-16)25-2)20(24)21-17-7-3-5-15(11-17)13-26-10-9-19(22)23/h3-8,11-12,14H,9-10,13H2,1-2H3,(H,21,24)(H,22,23). The molecule has 1 unspecified atom stereocenters. The van der Waals surface area contributed by atoms with Crippen molar-refractivity contribution in [1.82, 2.24) is 0 Å². The van der Waals surface area contributed by atoms with E-state index in [1.807, 2.05) is 55.5 Å². The van der Waals surface area contributed by atoms with E-state index in [0.29, 0.717) is 11.5 Å². The van der Waals surface area contributed by atoms with Crippen LogP contribution in [0.4, 0.5) is 5.69 Å². The molecule has 0 aromatic heterocycles. The van der Waals surface area contributed by atoms with Crippen LogP contribution in [-0.4, -0.2) is 29.8 Å². The van der Waals surface area contributed by atoms with Gasteiger partial charge in [0.15, 0.2) is 0 Å². The van der Waals surface area contributed by atoms with Gasteiger partial charge in [-0.2, -0.15) is 11.8 Å². The lowest BCUT2D eigenvalue weighted by atomic mass is 10.00. The molecule has 138 valence electrons. The Morgan fingerprint density at radius 1 is 1.19 bits per heavy atom. The van der Waals surface area contributed by atoms with E-state index in [1.54, 1.807) is 18.9 Å². The number of rotatable bonds is 9. The van der Waals surface area contributed by atoms with Crippen molar-refractivity contribution in [2.24, 2.45) is 0 Å². The first-order valence-corrected chi connectivity index (χ1v) is 9.48. The number of nitrogens with one attached hydrogen (secondary N) is 1. The smallest absolute Gasteiger partial charge is 0.304 e. The molecule has 6 heteroatoms. The molecule has 2 aromatic carbocycles. The number of carbonyl (C=O) groups excluding carboxylic acids is 1. The molecule has 0 aliphatic carbocycles. The van der Waals surface area contributed by atoms with Crippen molar-refractivity contribution in [3.8, 4) is 5.75 Å². The molecule has 0 fully saturated rings. The third-order valence-electron chi connectivity index (χ3n) is 3.91. The largest absolute Gasteiger partial charge is 0.497 e. The molecule has 2 rings (SSSR count). The monoisotopic (exact) mass is 373 g/mol. The number of hydrogen-bond donors (Lipinski definition) is 2. The van der Waals surface area contributed by atoms with Gasteiger partial charge in [0.2, 0.25) is 5.91 Å². The minimum atomic E-state index is -0.787. The van der Waals surface area contributed by atoms with E-state index in [0.717, 1.165) is 22.6 Å². The van der Waals surface area contributed by atoms with Crippen LogP contribution in [-0.2, 0) is 15.3 Å².